The van der Waals surface area contributed by atoms with Crippen molar-refractivity contribution in [2.75, 3.05) is 49.5 Å². The number of anilines is 2. The fraction of sp³-hybridized carbons (Fsp3) is 0.300. The van der Waals surface area contributed by atoms with Crippen LogP contribution in [-0.4, -0.2) is 54.1 Å². The molecule has 130 valence electrons. The van der Waals surface area contributed by atoms with E-state index in [0.29, 0.717) is 12.5 Å². The Labute approximate surface area is 149 Å². The first-order valence-corrected chi connectivity index (χ1v) is 8.72. The fourth-order valence-electron chi connectivity index (χ4n) is 2.84. The predicted octanol–water partition coefficient (Wildman–Crippen LogP) is 2.91. The summed E-state index contributed by atoms with van der Waals surface area (Å²) in [6.07, 6.45) is 8.04. The van der Waals surface area contributed by atoms with Crippen LogP contribution in [-0.2, 0) is 0 Å². The molecule has 5 heteroatoms. The summed E-state index contributed by atoms with van der Waals surface area (Å²) in [5.41, 5.74) is 1.25. The van der Waals surface area contributed by atoms with Gasteiger partial charge in [0.05, 0.1) is 0 Å². The highest BCUT2D eigenvalue weighted by molar-refractivity contribution is 5.49. The van der Waals surface area contributed by atoms with Crippen molar-refractivity contribution in [3.63, 3.8) is 0 Å². The van der Waals surface area contributed by atoms with Crippen LogP contribution in [0, 0.1) is 0 Å². The van der Waals surface area contributed by atoms with Gasteiger partial charge >= 0.3 is 0 Å². The molecule has 0 bridgehead atoms. The standard InChI is InChI=1S/C20H25N5/c1-2-11-21-20-22-12-10-19(23-20)25-16-14-24(15-17-25)13-6-9-18-7-4-3-5-8-18/h2-10,12H,1,11,13-17H2,(H,21,22,23)/b9-6+. The summed E-state index contributed by atoms with van der Waals surface area (Å²) in [6.45, 7) is 9.40. The van der Waals surface area contributed by atoms with Crippen molar-refractivity contribution in [3.05, 3.63) is 66.9 Å². The van der Waals surface area contributed by atoms with Gasteiger partial charge in [0, 0.05) is 45.5 Å². The summed E-state index contributed by atoms with van der Waals surface area (Å²) in [5.74, 6) is 1.65. The topological polar surface area (TPSA) is 44.3 Å². The Morgan fingerprint density at radius 1 is 1.08 bits per heavy atom. The molecule has 5 nitrogen and oxygen atoms in total. The Kier molecular flexibility index (Phi) is 6.17. The van der Waals surface area contributed by atoms with E-state index in [1.54, 1.807) is 6.08 Å². The summed E-state index contributed by atoms with van der Waals surface area (Å²) in [5, 5.41) is 3.14. The van der Waals surface area contributed by atoms with Gasteiger partial charge in [-0.3, -0.25) is 4.90 Å². The molecule has 1 aromatic carbocycles. The molecule has 3 rings (SSSR count). The van der Waals surface area contributed by atoms with Gasteiger partial charge in [0.1, 0.15) is 5.82 Å². The minimum atomic E-state index is 0.658. The van der Waals surface area contributed by atoms with Crippen LogP contribution >= 0.6 is 0 Å². The van der Waals surface area contributed by atoms with Crippen LogP contribution in [0.3, 0.4) is 0 Å². The molecule has 25 heavy (non-hydrogen) atoms. The van der Waals surface area contributed by atoms with Gasteiger partial charge in [-0.25, -0.2) is 4.98 Å². The molecule has 0 amide bonds. The minimum absolute atomic E-state index is 0.658. The van der Waals surface area contributed by atoms with Gasteiger partial charge in [-0.2, -0.15) is 4.98 Å². The van der Waals surface area contributed by atoms with Crippen LogP contribution in [0.25, 0.3) is 6.08 Å². The first kappa shape index (κ1) is 17.2. The molecule has 0 aliphatic carbocycles. The smallest absolute Gasteiger partial charge is 0.224 e. The van der Waals surface area contributed by atoms with Gasteiger partial charge in [-0.1, -0.05) is 48.6 Å². The van der Waals surface area contributed by atoms with E-state index in [1.165, 1.54) is 5.56 Å². The highest BCUT2D eigenvalue weighted by Crippen LogP contribution is 2.14. The molecule has 1 saturated heterocycles. The maximum absolute atomic E-state index is 4.58. The summed E-state index contributed by atoms with van der Waals surface area (Å²) < 4.78 is 0. The van der Waals surface area contributed by atoms with Gasteiger partial charge in [-0.15, -0.1) is 6.58 Å². The number of rotatable bonds is 7. The van der Waals surface area contributed by atoms with Crippen molar-refractivity contribution in [3.8, 4) is 0 Å². The molecule has 1 N–H and O–H groups in total. The first-order valence-electron chi connectivity index (χ1n) is 8.72. The third-order valence-corrected chi connectivity index (χ3v) is 4.22. The van der Waals surface area contributed by atoms with Crippen LogP contribution < -0.4 is 10.2 Å². The van der Waals surface area contributed by atoms with E-state index in [4.69, 9.17) is 0 Å². The maximum atomic E-state index is 4.58. The lowest BCUT2D eigenvalue weighted by molar-refractivity contribution is 0.283. The van der Waals surface area contributed by atoms with Gasteiger partial charge in [0.25, 0.3) is 0 Å². The minimum Gasteiger partial charge on any atom is -0.354 e. The van der Waals surface area contributed by atoms with Crippen LogP contribution in [0.15, 0.2) is 61.3 Å². The second-order valence-electron chi connectivity index (χ2n) is 6.01. The van der Waals surface area contributed by atoms with Crippen LogP contribution in [0.4, 0.5) is 11.8 Å². The lowest BCUT2D eigenvalue weighted by Gasteiger charge is -2.34. The lowest BCUT2D eigenvalue weighted by Crippen LogP contribution is -2.46. The molecule has 2 aromatic rings. The number of benzene rings is 1. The number of aromatic nitrogens is 2. The highest BCUT2D eigenvalue weighted by Gasteiger charge is 2.17. The third kappa shape index (κ3) is 5.16. The zero-order chi connectivity index (χ0) is 17.3. The van der Waals surface area contributed by atoms with Crippen molar-refractivity contribution in [1.82, 2.24) is 14.9 Å². The van der Waals surface area contributed by atoms with E-state index in [0.717, 1.165) is 38.5 Å². The largest absolute Gasteiger partial charge is 0.354 e. The van der Waals surface area contributed by atoms with E-state index < -0.39 is 0 Å². The van der Waals surface area contributed by atoms with Crippen LogP contribution in [0.2, 0.25) is 0 Å². The lowest BCUT2D eigenvalue weighted by atomic mass is 10.2. The molecule has 1 aliphatic heterocycles. The van der Waals surface area contributed by atoms with Crippen LogP contribution in [0.1, 0.15) is 5.56 Å². The predicted molar refractivity (Wildman–Crippen MR) is 105 cm³/mol. The number of nitrogens with one attached hydrogen (secondary N) is 1. The summed E-state index contributed by atoms with van der Waals surface area (Å²) in [4.78, 5) is 13.6. The van der Waals surface area contributed by atoms with E-state index in [1.807, 2.05) is 18.3 Å². The molecule has 1 aliphatic rings. The van der Waals surface area contributed by atoms with Crippen molar-refractivity contribution in [2.24, 2.45) is 0 Å². The molecule has 0 radical (unpaired) electrons. The monoisotopic (exact) mass is 335 g/mol. The van der Waals surface area contributed by atoms with Gasteiger partial charge in [0.2, 0.25) is 5.95 Å². The molecule has 1 fully saturated rings. The Balaban J connectivity index is 1.48. The normalized spacial score (nSPS) is 15.4. The van der Waals surface area contributed by atoms with E-state index in [9.17, 15) is 0 Å². The van der Waals surface area contributed by atoms with E-state index in [2.05, 4.69) is 68.1 Å². The summed E-state index contributed by atoms with van der Waals surface area (Å²) in [7, 11) is 0. The highest BCUT2D eigenvalue weighted by atomic mass is 15.3. The quantitative estimate of drug-likeness (QED) is 0.788. The first-order chi connectivity index (χ1) is 12.3. The second kappa shape index (κ2) is 8.99. The molecule has 0 saturated carbocycles. The van der Waals surface area contributed by atoms with Gasteiger partial charge in [-0.05, 0) is 11.6 Å². The second-order valence-corrected chi connectivity index (χ2v) is 6.01. The van der Waals surface area contributed by atoms with Crippen molar-refractivity contribution >= 4 is 17.8 Å². The molecular formula is C20H25N5. The van der Waals surface area contributed by atoms with Crippen LogP contribution in [0.5, 0.6) is 0 Å². The van der Waals surface area contributed by atoms with Crippen molar-refractivity contribution in [1.29, 1.82) is 0 Å². The van der Waals surface area contributed by atoms with E-state index in [-0.39, 0.29) is 0 Å². The van der Waals surface area contributed by atoms with Gasteiger partial charge < -0.3 is 10.2 Å². The Bertz CT molecular complexity index is 690. The van der Waals surface area contributed by atoms with Crippen molar-refractivity contribution < 1.29 is 0 Å². The number of hydrogen-bond donors (Lipinski definition) is 1. The number of piperazine rings is 1. The summed E-state index contributed by atoms with van der Waals surface area (Å²) >= 11 is 0. The average molecular weight is 335 g/mol. The molecule has 0 atom stereocenters. The molecular weight excluding hydrogens is 310 g/mol. The fourth-order valence-corrected chi connectivity index (χ4v) is 2.84. The maximum Gasteiger partial charge on any atom is 0.224 e. The number of hydrogen-bond acceptors (Lipinski definition) is 5. The Morgan fingerprint density at radius 2 is 1.88 bits per heavy atom. The molecule has 2 heterocycles. The molecule has 1 aromatic heterocycles. The zero-order valence-electron chi connectivity index (χ0n) is 14.5. The number of nitrogens with zero attached hydrogens (tertiary/aromatic N) is 4. The summed E-state index contributed by atoms with van der Waals surface area (Å²) in [6, 6.07) is 12.4. The average Bonchev–Trinajstić information content (AvgIpc) is 2.68. The zero-order valence-corrected chi connectivity index (χ0v) is 14.5. The SMILES string of the molecule is C=CCNc1nccc(N2CCN(C/C=C/c3ccccc3)CC2)n1. The molecule has 0 unspecified atom stereocenters. The molecule has 0 spiro atoms. The third-order valence-electron chi connectivity index (χ3n) is 4.22. The Morgan fingerprint density at radius 3 is 2.64 bits per heavy atom. The Hall–Kier alpha value is -2.66. The van der Waals surface area contributed by atoms with Crippen molar-refractivity contribution in [2.45, 2.75) is 0 Å². The van der Waals surface area contributed by atoms with E-state index >= 15 is 0 Å². The van der Waals surface area contributed by atoms with Gasteiger partial charge in [0.15, 0.2) is 0 Å².